The van der Waals surface area contributed by atoms with Crippen molar-refractivity contribution in [3.8, 4) is 0 Å². The van der Waals surface area contributed by atoms with Crippen LogP contribution in [0.2, 0.25) is 0 Å². The van der Waals surface area contributed by atoms with Gasteiger partial charge in [-0.15, -0.1) is 0 Å². The van der Waals surface area contributed by atoms with Crippen LogP contribution in [0.4, 0.5) is 5.69 Å². The van der Waals surface area contributed by atoms with Crippen LogP contribution in [0.15, 0.2) is 42.7 Å². The van der Waals surface area contributed by atoms with Crippen molar-refractivity contribution in [3.63, 3.8) is 0 Å². The third kappa shape index (κ3) is 3.62. The molecule has 0 spiro atoms. The lowest BCUT2D eigenvalue weighted by molar-refractivity contribution is 0.373. The molecule has 0 saturated heterocycles. The third-order valence-corrected chi connectivity index (χ3v) is 4.15. The van der Waals surface area contributed by atoms with Gasteiger partial charge in [0.2, 0.25) is 0 Å². The van der Waals surface area contributed by atoms with E-state index < -0.39 is 0 Å². The molecule has 0 unspecified atom stereocenters. The summed E-state index contributed by atoms with van der Waals surface area (Å²) in [4.78, 5) is 0. The van der Waals surface area contributed by atoms with E-state index in [2.05, 4.69) is 34.7 Å². The van der Waals surface area contributed by atoms with Gasteiger partial charge in [-0.3, -0.25) is 4.68 Å². The summed E-state index contributed by atoms with van der Waals surface area (Å²) in [5, 5.41) is 7.86. The Morgan fingerprint density at radius 3 is 2.85 bits per heavy atom. The Balaban J connectivity index is 1.56. The summed E-state index contributed by atoms with van der Waals surface area (Å²) in [5.41, 5.74) is 2.53. The lowest BCUT2D eigenvalue weighted by atomic mass is 9.89. The number of nitrogens with one attached hydrogen (secondary N) is 1. The Bertz CT molecular complexity index is 513. The molecule has 0 bridgehead atoms. The topological polar surface area (TPSA) is 29.9 Å². The zero-order chi connectivity index (χ0) is 13.6. The fourth-order valence-corrected chi connectivity index (χ4v) is 3.01. The predicted octanol–water partition coefficient (Wildman–Crippen LogP) is 3.92. The summed E-state index contributed by atoms with van der Waals surface area (Å²) >= 11 is 0. The largest absolute Gasteiger partial charge is 0.385 e. The molecular formula is C17H23N3. The first kappa shape index (κ1) is 13.2. The lowest BCUT2D eigenvalue weighted by Gasteiger charge is -2.22. The molecule has 0 amide bonds. The molecule has 1 aromatic heterocycles. The number of anilines is 1. The lowest BCUT2D eigenvalue weighted by Crippen LogP contribution is -2.17. The van der Waals surface area contributed by atoms with Gasteiger partial charge in [0.1, 0.15) is 0 Å². The maximum absolute atomic E-state index is 4.26. The monoisotopic (exact) mass is 269 g/mol. The average molecular weight is 269 g/mol. The predicted molar refractivity (Wildman–Crippen MR) is 82.8 cm³/mol. The standard InChI is InChI=1S/C17H23N3/c1-2-6-15(7-3-1)13-18-17-9-4-8-16(12-17)14-20-11-5-10-19-20/h4-5,8-12,15,18H,1-3,6-7,13-14H2. The number of rotatable bonds is 5. The molecule has 3 rings (SSSR count). The minimum atomic E-state index is 0.839. The number of aromatic nitrogens is 2. The first-order chi connectivity index (χ1) is 9.90. The van der Waals surface area contributed by atoms with E-state index in [-0.39, 0.29) is 0 Å². The molecule has 1 fully saturated rings. The van der Waals surface area contributed by atoms with E-state index in [4.69, 9.17) is 0 Å². The van der Waals surface area contributed by atoms with Crippen LogP contribution in [0.25, 0.3) is 0 Å². The molecule has 2 aromatic rings. The van der Waals surface area contributed by atoms with Crippen LogP contribution in [0.5, 0.6) is 0 Å². The fourth-order valence-electron chi connectivity index (χ4n) is 3.01. The highest BCUT2D eigenvalue weighted by molar-refractivity contribution is 5.45. The van der Waals surface area contributed by atoms with Crippen molar-refractivity contribution in [2.24, 2.45) is 5.92 Å². The maximum atomic E-state index is 4.26. The molecule has 1 aliphatic rings. The summed E-state index contributed by atoms with van der Waals surface area (Å²) in [5.74, 6) is 0.860. The van der Waals surface area contributed by atoms with Gasteiger partial charge in [-0.25, -0.2) is 0 Å². The Morgan fingerprint density at radius 1 is 1.15 bits per heavy atom. The van der Waals surface area contributed by atoms with Crippen LogP contribution in [0, 0.1) is 5.92 Å². The Hall–Kier alpha value is -1.77. The second-order valence-corrected chi connectivity index (χ2v) is 5.79. The molecule has 1 aliphatic carbocycles. The van der Waals surface area contributed by atoms with Crippen molar-refractivity contribution in [1.29, 1.82) is 0 Å². The van der Waals surface area contributed by atoms with Gasteiger partial charge in [-0.1, -0.05) is 31.4 Å². The van der Waals surface area contributed by atoms with Crippen molar-refractivity contribution in [2.75, 3.05) is 11.9 Å². The second kappa shape index (κ2) is 6.60. The van der Waals surface area contributed by atoms with E-state index in [1.54, 1.807) is 0 Å². The molecular weight excluding hydrogens is 246 g/mol. The van der Waals surface area contributed by atoms with Crippen molar-refractivity contribution in [1.82, 2.24) is 9.78 Å². The molecule has 1 N–H and O–H groups in total. The van der Waals surface area contributed by atoms with Crippen LogP contribution in [0.3, 0.4) is 0 Å². The molecule has 0 atom stereocenters. The van der Waals surface area contributed by atoms with E-state index in [0.717, 1.165) is 19.0 Å². The van der Waals surface area contributed by atoms with Gasteiger partial charge in [0.15, 0.2) is 0 Å². The minimum Gasteiger partial charge on any atom is -0.385 e. The van der Waals surface area contributed by atoms with Crippen LogP contribution in [0.1, 0.15) is 37.7 Å². The molecule has 0 aliphatic heterocycles. The normalized spacial score (nSPS) is 16.2. The van der Waals surface area contributed by atoms with Gasteiger partial charge in [-0.2, -0.15) is 5.10 Å². The molecule has 106 valence electrons. The van der Waals surface area contributed by atoms with Gasteiger partial charge < -0.3 is 5.32 Å². The van der Waals surface area contributed by atoms with E-state index in [0.29, 0.717) is 0 Å². The van der Waals surface area contributed by atoms with Gasteiger partial charge in [-0.05, 0) is 42.5 Å². The Morgan fingerprint density at radius 2 is 2.05 bits per heavy atom. The summed E-state index contributed by atoms with van der Waals surface area (Å²) in [6, 6.07) is 10.7. The molecule has 1 heterocycles. The minimum absolute atomic E-state index is 0.839. The first-order valence-corrected chi connectivity index (χ1v) is 7.70. The van der Waals surface area contributed by atoms with Crippen molar-refractivity contribution >= 4 is 5.69 Å². The number of nitrogens with zero attached hydrogens (tertiary/aromatic N) is 2. The highest BCUT2D eigenvalue weighted by Gasteiger charge is 2.12. The van der Waals surface area contributed by atoms with E-state index in [9.17, 15) is 0 Å². The Labute approximate surface area is 121 Å². The van der Waals surface area contributed by atoms with Crippen LogP contribution in [-0.4, -0.2) is 16.3 Å². The fraction of sp³-hybridized carbons (Fsp3) is 0.471. The van der Waals surface area contributed by atoms with Gasteiger partial charge in [0.05, 0.1) is 6.54 Å². The Kier molecular flexibility index (Phi) is 4.36. The summed E-state index contributed by atoms with van der Waals surface area (Å²) < 4.78 is 1.96. The van der Waals surface area contributed by atoms with E-state index in [1.807, 2.05) is 23.1 Å². The third-order valence-electron chi connectivity index (χ3n) is 4.15. The van der Waals surface area contributed by atoms with Crippen LogP contribution < -0.4 is 5.32 Å². The van der Waals surface area contributed by atoms with Gasteiger partial charge in [0.25, 0.3) is 0 Å². The highest BCUT2D eigenvalue weighted by Crippen LogP contribution is 2.24. The zero-order valence-corrected chi connectivity index (χ0v) is 12.0. The van der Waals surface area contributed by atoms with E-state index >= 15 is 0 Å². The van der Waals surface area contributed by atoms with Gasteiger partial charge >= 0.3 is 0 Å². The maximum Gasteiger partial charge on any atom is 0.0660 e. The van der Waals surface area contributed by atoms with Crippen molar-refractivity contribution < 1.29 is 0 Å². The summed E-state index contributed by atoms with van der Waals surface area (Å²) in [6.45, 7) is 1.96. The zero-order valence-electron chi connectivity index (χ0n) is 12.0. The smallest absolute Gasteiger partial charge is 0.0660 e. The second-order valence-electron chi connectivity index (χ2n) is 5.79. The molecule has 3 heteroatoms. The SMILES string of the molecule is c1cc(Cn2cccn2)cc(NCC2CCCCC2)c1. The first-order valence-electron chi connectivity index (χ1n) is 7.70. The van der Waals surface area contributed by atoms with E-state index in [1.165, 1.54) is 43.4 Å². The van der Waals surface area contributed by atoms with Crippen LogP contribution >= 0.6 is 0 Å². The number of hydrogen-bond donors (Lipinski definition) is 1. The summed E-state index contributed by atoms with van der Waals surface area (Å²) in [7, 11) is 0. The molecule has 0 radical (unpaired) electrons. The average Bonchev–Trinajstić information content (AvgIpc) is 3.00. The van der Waals surface area contributed by atoms with Gasteiger partial charge in [0, 0.05) is 24.6 Å². The summed E-state index contributed by atoms with van der Waals surface area (Å²) in [6.07, 6.45) is 10.8. The number of benzene rings is 1. The van der Waals surface area contributed by atoms with Crippen molar-refractivity contribution in [3.05, 3.63) is 48.3 Å². The van der Waals surface area contributed by atoms with Crippen LogP contribution in [-0.2, 0) is 6.54 Å². The van der Waals surface area contributed by atoms with Crippen molar-refractivity contribution in [2.45, 2.75) is 38.6 Å². The quantitative estimate of drug-likeness (QED) is 0.891. The molecule has 1 aromatic carbocycles. The highest BCUT2D eigenvalue weighted by atomic mass is 15.3. The molecule has 1 saturated carbocycles. The molecule has 3 nitrogen and oxygen atoms in total. The number of hydrogen-bond acceptors (Lipinski definition) is 2. The molecule has 20 heavy (non-hydrogen) atoms.